The van der Waals surface area contributed by atoms with Gasteiger partial charge in [0.1, 0.15) is 141 Å². The maximum Gasteiger partial charge on any atom is 0.139 e. The molecule has 0 atom stereocenters. The summed E-state index contributed by atoms with van der Waals surface area (Å²) in [5, 5.41) is 19.7. The van der Waals surface area contributed by atoms with Crippen molar-refractivity contribution in [1.82, 2.24) is 0 Å². The van der Waals surface area contributed by atoms with Gasteiger partial charge in [0.15, 0.2) is 0 Å². The Morgan fingerprint density at radius 2 is 0.528 bits per heavy atom. The zero-order valence-electron chi connectivity index (χ0n) is 46.1. The number of hydrogen-bond donors (Lipinski definition) is 0. The third-order valence-electron chi connectivity index (χ3n) is 19.5. The fourth-order valence-electron chi connectivity index (χ4n) is 14.6. The summed E-state index contributed by atoms with van der Waals surface area (Å²) in [5.74, 6) is 0. The van der Waals surface area contributed by atoms with E-state index < -0.39 is 0 Å². The molecule has 0 saturated carbocycles. The summed E-state index contributed by atoms with van der Waals surface area (Å²) in [6, 6.07) is 32.5. The van der Waals surface area contributed by atoms with Crippen LogP contribution in [0.25, 0.3) is 120 Å². The van der Waals surface area contributed by atoms with Gasteiger partial charge in [0.2, 0.25) is 0 Å². The maximum atomic E-state index is 2.65. The normalized spacial score (nSPS) is 12.1. The van der Waals surface area contributed by atoms with E-state index in [4.69, 9.17) is 0 Å². The summed E-state index contributed by atoms with van der Waals surface area (Å²) in [6.45, 7) is 0. The molecular formula is C54H50B18. The molecule has 320 valence electrons. The van der Waals surface area contributed by atoms with Gasteiger partial charge in [0, 0.05) is 0 Å². The lowest BCUT2D eigenvalue weighted by Gasteiger charge is -2.31. The molecule has 0 fully saturated rings. The first-order chi connectivity index (χ1) is 34.3. The zero-order valence-corrected chi connectivity index (χ0v) is 46.1. The molecule has 0 aromatic heterocycles. The Hall–Kier alpha value is -5.85. The standard InChI is InChI=1S/C54H50B18/c55-37-22(29-25-27-33(43(61)39(29)57)49(67)53(71)51(69)35(27)47(65)45(63)31(25)41(37)59)17-13-20(16-7-2-1-3-8-16)23(19-12-6-10-15-9-4-5-11-18(15)19)21(14-17)24-30-26-28-34(44(62)40(30)58)50(68)54(72)52(70)36(28)48(66)46(64)32(26)42(60)38(24)56/h1-14H,55-72H2. The molecule has 0 spiro atoms. The molecule has 0 aliphatic rings. The van der Waals surface area contributed by atoms with Crippen LogP contribution in [-0.4, -0.2) is 141 Å². The van der Waals surface area contributed by atoms with Crippen molar-refractivity contribution in [2.75, 3.05) is 0 Å². The molecule has 0 unspecified atom stereocenters. The van der Waals surface area contributed by atoms with Crippen LogP contribution in [0.3, 0.4) is 0 Å². The van der Waals surface area contributed by atoms with Crippen LogP contribution in [0.4, 0.5) is 0 Å². The predicted molar refractivity (Wildman–Crippen MR) is 380 cm³/mol. The van der Waals surface area contributed by atoms with Crippen LogP contribution >= 0.6 is 0 Å². The Morgan fingerprint density at radius 3 is 1.00 bits per heavy atom. The van der Waals surface area contributed by atoms with Gasteiger partial charge in [-0.2, -0.15) is 0 Å². The first-order valence-electron chi connectivity index (χ1n) is 26.4. The molecule has 0 nitrogen and oxygen atoms in total. The van der Waals surface area contributed by atoms with E-state index >= 15 is 0 Å². The second kappa shape index (κ2) is 16.3. The van der Waals surface area contributed by atoms with E-state index in [1.54, 1.807) is 0 Å². The highest BCUT2D eigenvalue weighted by atomic mass is 14.3. The summed E-state index contributed by atoms with van der Waals surface area (Å²) >= 11 is 0. The lowest BCUT2D eigenvalue weighted by molar-refractivity contribution is 1.59. The van der Waals surface area contributed by atoms with Gasteiger partial charge in [-0.15, -0.1) is 10.9 Å². The number of hydrogen-bond acceptors (Lipinski definition) is 0. The number of fused-ring (bicyclic) bond motifs is 1. The molecular weight excluding hydrogens is 843 g/mol. The van der Waals surface area contributed by atoms with E-state index in [1.165, 1.54) is 218 Å². The van der Waals surface area contributed by atoms with Gasteiger partial charge in [-0.1, -0.05) is 160 Å². The Kier molecular flexibility index (Phi) is 10.7. The van der Waals surface area contributed by atoms with Gasteiger partial charge in [-0.3, -0.25) is 0 Å². The zero-order chi connectivity index (χ0) is 51.0. The number of benzene rings is 12. The molecule has 0 amide bonds. The fraction of sp³-hybridized carbons (Fsp3) is 0. The van der Waals surface area contributed by atoms with Crippen molar-refractivity contribution in [3.8, 4) is 44.5 Å². The van der Waals surface area contributed by atoms with Crippen LogP contribution in [0.1, 0.15) is 0 Å². The van der Waals surface area contributed by atoms with Crippen molar-refractivity contribution in [3.63, 3.8) is 0 Å². The van der Waals surface area contributed by atoms with Gasteiger partial charge in [-0.05, 0) is 132 Å². The second-order valence-electron chi connectivity index (χ2n) is 22.3. The summed E-state index contributed by atoms with van der Waals surface area (Å²) < 4.78 is 0. The van der Waals surface area contributed by atoms with Crippen molar-refractivity contribution in [3.05, 3.63) is 84.9 Å². The van der Waals surface area contributed by atoms with E-state index in [2.05, 4.69) is 226 Å². The molecule has 0 radical (unpaired) electrons. The maximum absolute atomic E-state index is 2.65. The fourth-order valence-corrected chi connectivity index (χ4v) is 14.6. The van der Waals surface area contributed by atoms with Crippen LogP contribution in [0.5, 0.6) is 0 Å². The minimum atomic E-state index is 1.23. The molecule has 12 aromatic rings. The minimum Gasteiger partial charge on any atom is -0.100 e. The Bertz CT molecular complexity index is 4420. The predicted octanol–water partition coefficient (Wildman–Crippen LogP) is -16.0. The lowest BCUT2D eigenvalue weighted by atomic mass is 9.57. The first kappa shape index (κ1) is 47.2. The van der Waals surface area contributed by atoms with E-state index in [0.29, 0.717) is 0 Å². The van der Waals surface area contributed by atoms with Crippen molar-refractivity contribution < 1.29 is 0 Å². The van der Waals surface area contributed by atoms with Crippen LogP contribution in [0.15, 0.2) is 84.9 Å². The van der Waals surface area contributed by atoms with E-state index in [-0.39, 0.29) is 0 Å². The molecule has 0 aliphatic carbocycles. The molecule has 12 rings (SSSR count). The Labute approximate surface area is 441 Å². The van der Waals surface area contributed by atoms with Gasteiger partial charge in [-0.25, -0.2) is 0 Å². The third kappa shape index (κ3) is 5.96. The molecule has 0 saturated heterocycles. The van der Waals surface area contributed by atoms with E-state index in [1.807, 2.05) is 0 Å². The van der Waals surface area contributed by atoms with E-state index in [9.17, 15) is 0 Å². The van der Waals surface area contributed by atoms with Crippen LogP contribution in [-0.2, 0) is 0 Å². The Balaban J connectivity index is 1.38. The molecule has 0 bridgehead atoms. The highest BCUT2D eigenvalue weighted by molar-refractivity contribution is 6.77. The average molecular weight is 894 g/mol. The number of rotatable bonds is 4. The van der Waals surface area contributed by atoms with Crippen molar-refractivity contribution in [2.45, 2.75) is 0 Å². The van der Waals surface area contributed by atoms with Crippen molar-refractivity contribution >= 4 is 315 Å². The van der Waals surface area contributed by atoms with Crippen LogP contribution in [0, 0.1) is 0 Å². The van der Waals surface area contributed by atoms with Crippen molar-refractivity contribution in [1.29, 1.82) is 0 Å². The molecule has 72 heavy (non-hydrogen) atoms. The quantitative estimate of drug-likeness (QED) is 0.122. The smallest absolute Gasteiger partial charge is 0.100 e. The highest BCUT2D eigenvalue weighted by Gasteiger charge is 2.30. The summed E-state index contributed by atoms with van der Waals surface area (Å²) in [5.41, 5.74) is 35.5. The van der Waals surface area contributed by atoms with Gasteiger partial charge in [0.05, 0.1) is 0 Å². The molecule has 0 heterocycles. The molecule has 12 aromatic carbocycles. The monoisotopic (exact) mass is 897 g/mol. The topological polar surface area (TPSA) is 0 Å². The summed E-state index contributed by atoms with van der Waals surface area (Å²) in [6.07, 6.45) is 0. The minimum absolute atomic E-state index is 1.23. The Morgan fingerprint density at radius 1 is 0.194 bits per heavy atom. The van der Waals surface area contributed by atoms with Crippen LogP contribution < -0.4 is 98.3 Å². The van der Waals surface area contributed by atoms with E-state index in [0.717, 1.165) is 0 Å². The largest absolute Gasteiger partial charge is 0.139 e. The van der Waals surface area contributed by atoms with Crippen molar-refractivity contribution in [2.24, 2.45) is 0 Å². The second-order valence-corrected chi connectivity index (χ2v) is 22.3. The molecule has 0 N–H and O–H groups in total. The SMILES string of the molecule is Bc1c(B)c2c(B)c(B)c3c(B)c(B)c(-c4cc(-c5ccccc5)c(-c5cccc6ccccc56)c(-c5c(B)c(B)c6c(B)c(B)c7c(B)c(B)c(B)c8c(B)c(B)c5c6c78)c4)c4c(B)c(B)c(c1B)c2c34. The van der Waals surface area contributed by atoms with Gasteiger partial charge < -0.3 is 0 Å². The molecule has 18 heteroatoms. The lowest BCUT2D eigenvalue weighted by Crippen LogP contribution is -2.48. The average Bonchev–Trinajstić information content (AvgIpc) is 3.37. The highest BCUT2D eigenvalue weighted by Crippen LogP contribution is 2.48. The van der Waals surface area contributed by atoms with Gasteiger partial charge in [0.25, 0.3) is 0 Å². The molecule has 0 aliphatic heterocycles. The summed E-state index contributed by atoms with van der Waals surface area (Å²) in [4.78, 5) is 0. The van der Waals surface area contributed by atoms with Gasteiger partial charge >= 0.3 is 0 Å². The summed E-state index contributed by atoms with van der Waals surface area (Å²) in [7, 11) is 43.0. The van der Waals surface area contributed by atoms with Crippen LogP contribution in [0.2, 0.25) is 0 Å². The first-order valence-corrected chi connectivity index (χ1v) is 26.4. The third-order valence-corrected chi connectivity index (χ3v) is 19.5.